The first-order valence-electron chi connectivity index (χ1n) is 6.01. The fraction of sp³-hybridized carbons (Fsp3) is 0.133. The predicted octanol–water partition coefficient (Wildman–Crippen LogP) is 3.22. The summed E-state index contributed by atoms with van der Waals surface area (Å²) < 4.78 is 0. The van der Waals surface area contributed by atoms with E-state index in [1.54, 1.807) is 23.9 Å². The van der Waals surface area contributed by atoms with E-state index in [0.717, 1.165) is 16.0 Å². The van der Waals surface area contributed by atoms with Crippen molar-refractivity contribution >= 4 is 29.3 Å². The first-order chi connectivity index (χ1) is 9.60. The average Bonchev–Trinajstić information content (AvgIpc) is 2.46. The fourth-order valence-electron chi connectivity index (χ4n) is 1.67. The molecule has 0 saturated carbocycles. The van der Waals surface area contributed by atoms with Gasteiger partial charge in [0.05, 0.1) is 6.61 Å². The number of hydrogen-bond donors (Lipinski definition) is 2. The Hall–Kier alpha value is -1.49. The van der Waals surface area contributed by atoms with Gasteiger partial charge in [0.2, 0.25) is 5.91 Å². The highest BCUT2D eigenvalue weighted by Gasteiger charge is 2.06. The lowest BCUT2D eigenvalue weighted by Crippen LogP contribution is -2.10. The molecular weight excluding hydrogens is 294 g/mol. The third-order valence-corrected chi connectivity index (χ3v) is 4.25. The van der Waals surface area contributed by atoms with Gasteiger partial charge >= 0.3 is 0 Å². The summed E-state index contributed by atoms with van der Waals surface area (Å²) >= 11 is 7.77. The quantitative estimate of drug-likeness (QED) is 0.834. The molecule has 0 saturated heterocycles. The van der Waals surface area contributed by atoms with Crippen LogP contribution in [0.4, 0.5) is 0 Å². The second-order valence-corrected chi connectivity index (χ2v) is 5.72. The molecule has 0 aromatic heterocycles. The van der Waals surface area contributed by atoms with Gasteiger partial charge in [0, 0.05) is 21.2 Å². The van der Waals surface area contributed by atoms with Crippen LogP contribution in [0.5, 0.6) is 0 Å². The maximum Gasteiger partial charge on any atom is 0.248 e. The normalized spacial score (nSPS) is 10.5. The van der Waals surface area contributed by atoms with Crippen LogP contribution in [0.2, 0.25) is 5.02 Å². The van der Waals surface area contributed by atoms with Crippen molar-refractivity contribution in [3.05, 3.63) is 64.2 Å². The van der Waals surface area contributed by atoms with Gasteiger partial charge in [0.25, 0.3) is 0 Å². The van der Waals surface area contributed by atoms with Crippen molar-refractivity contribution in [2.24, 2.45) is 5.73 Å². The minimum absolute atomic E-state index is 0.0470. The molecule has 0 aliphatic heterocycles. The highest BCUT2D eigenvalue weighted by molar-refractivity contribution is 7.98. The zero-order chi connectivity index (χ0) is 14.5. The van der Waals surface area contributed by atoms with E-state index >= 15 is 0 Å². The van der Waals surface area contributed by atoms with Gasteiger partial charge in [0.1, 0.15) is 0 Å². The molecule has 5 heteroatoms. The monoisotopic (exact) mass is 307 g/mol. The number of aliphatic hydroxyl groups excluding tert-OH is 1. The first-order valence-corrected chi connectivity index (χ1v) is 7.37. The predicted molar refractivity (Wildman–Crippen MR) is 81.9 cm³/mol. The lowest BCUT2D eigenvalue weighted by atomic mass is 10.1. The van der Waals surface area contributed by atoms with Crippen molar-refractivity contribution in [1.29, 1.82) is 0 Å². The van der Waals surface area contributed by atoms with Crippen molar-refractivity contribution in [2.45, 2.75) is 17.3 Å². The third kappa shape index (κ3) is 3.76. The average molecular weight is 308 g/mol. The number of halogens is 1. The SMILES string of the molecule is NC(=O)c1ccc(CSc2ccc(CO)cc2)c(Cl)c1. The Morgan fingerprint density at radius 2 is 1.90 bits per heavy atom. The van der Waals surface area contributed by atoms with E-state index in [0.29, 0.717) is 16.3 Å². The molecule has 104 valence electrons. The Morgan fingerprint density at radius 1 is 1.20 bits per heavy atom. The molecule has 0 bridgehead atoms. The molecule has 0 radical (unpaired) electrons. The number of carbonyl (C=O) groups excluding carboxylic acids is 1. The van der Waals surface area contributed by atoms with Crippen molar-refractivity contribution in [3.63, 3.8) is 0 Å². The van der Waals surface area contributed by atoms with Gasteiger partial charge in [-0.2, -0.15) is 0 Å². The van der Waals surface area contributed by atoms with Crippen LogP contribution < -0.4 is 5.73 Å². The van der Waals surface area contributed by atoms with Gasteiger partial charge in [-0.05, 0) is 35.4 Å². The van der Waals surface area contributed by atoms with E-state index in [9.17, 15) is 4.79 Å². The van der Waals surface area contributed by atoms with Crippen LogP contribution in [0.15, 0.2) is 47.4 Å². The summed E-state index contributed by atoms with van der Waals surface area (Å²) in [5.41, 5.74) is 7.45. The van der Waals surface area contributed by atoms with Gasteiger partial charge < -0.3 is 10.8 Å². The summed E-state index contributed by atoms with van der Waals surface area (Å²) in [4.78, 5) is 12.1. The number of thioether (sulfide) groups is 1. The van der Waals surface area contributed by atoms with Gasteiger partial charge in [-0.15, -0.1) is 11.8 Å². The van der Waals surface area contributed by atoms with Crippen molar-refractivity contribution < 1.29 is 9.90 Å². The third-order valence-electron chi connectivity index (χ3n) is 2.84. The summed E-state index contributed by atoms with van der Waals surface area (Å²) in [5.74, 6) is 0.224. The van der Waals surface area contributed by atoms with E-state index in [1.165, 1.54) is 0 Å². The van der Waals surface area contributed by atoms with Crippen LogP contribution in [0.1, 0.15) is 21.5 Å². The Labute approximate surface area is 126 Å². The molecule has 3 nitrogen and oxygen atoms in total. The number of nitrogens with two attached hydrogens (primary N) is 1. The first kappa shape index (κ1) is 14.9. The minimum Gasteiger partial charge on any atom is -0.392 e. The van der Waals surface area contributed by atoms with Crippen LogP contribution in [0.3, 0.4) is 0 Å². The molecule has 0 spiro atoms. The van der Waals surface area contributed by atoms with Gasteiger partial charge in [-0.25, -0.2) is 0 Å². The standard InChI is InChI=1S/C15H14ClNO2S/c16-14-7-11(15(17)19)3-4-12(14)9-20-13-5-1-10(8-18)2-6-13/h1-7,18H,8-9H2,(H2,17,19). The fourth-order valence-corrected chi connectivity index (χ4v) is 2.90. The second-order valence-electron chi connectivity index (χ2n) is 4.26. The molecule has 0 fully saturated rings. The van der Waals surface area contributed by atoms with Crippen LogP contribution in [-0.4, -0.2) is 11.0 Å². The largest absolute Gasteiger partial charge is 0.392 e. The summed E-state index contributed by atoms with van der Waals surface area (Å²) in [6.45, 7) is 0.0470. The molecule has 20 heavy (non-hydrogen) atoms. The maximum absolute atomic E-state index is 11.0. The highest BCUT2D eigenvalue weighted by atomic mass is 35.5. The van der Waals surface area contributed by atoms with Gasteiger partial charge in [0.15, 0.2) is 0 Å². The summed E-state index contributed by atoms with van der Waals surface area (Å²) in [6, 6.07) is 12.8. The number of amides is 1. The zero-order valence-electron chi connectivity index (χ0n) is 10.7. The van der Waals surface area contributed by atoms with Crippen molar-refractivity contribution in [1.82, 2.24) is 0 Å². The molecule has 0 unspecified atom stereocenters. The molecule has 2 aromatic carbocycles. The van der Waals surface area contributed by atoms with Crippen molar-refractivity contribution in [3.8, 4) is 0 Å². The molecule has 0 heterocycles. The Bertz CT molecular complexity index is 614. The van der Waals surface area contributed by atoms with Crippen LogP contribution >= 0.6 is 23.4 Å². The minimum atomic E-state index is -0.481. The van der Waals surface area contributed by atoms with E-state index in [2.05, 4.69) is 0 Å². The molecule has 1 amide bonds. The van der Waals surface area contributed by atoms with Gasteiger partial charge in [-0.1, -0.05) is 29.8 Å². The molecule has 0 aliphatic rings. The Kier molecular flexibility index (Phi) is 5.06. The lowest BCUT2D eigenvalue weighted by Gasteiger charge is -2.06. The Balaban J connectivity index is 2.04. The molecular formula is C15H14ClNO2S. The van der Waals surface area contributed by atoms with E-state index in [1.807, 2.05) is 30.3 Å². The molecule has 2 aromatic rings. The Morgan fingerprint density at radius 3 is 2.45 bits per heavy atom. The van der Waals surface area contributed by atoms with Crippen LogP contribution in [-0.2, 0) is 12.4 Å². The molecule has 3 N–H and O–H groups in total. The second kappa shape index (κ2) is 6.79. The number of carbonyl (C=O) groups is 1. The zero-order valence-corrected chi connectivity index (χ0v) is 12.2. The number of rotatable bonds is 5. The summed E-state index contributed by atoms with van der Waals surface area (Å²) in [7, 11) is 0. The summed E-state index contributed by atoms with van der Waals surface area (Å²) in [5, 5.41) is 9.52. The number of hydrogen-bond acceptors (Lipinski definition) is 3. The smallest absolute Gasteiger partial charge is 0.248 e. The summed E-state index contributed by atoms with van der Waals surface area (Å²) in [6.07, 6.45) is 0. The topological polar surface area (TPSA) is 63.3 Å². The van der Waals surface area contributed by atoms with E-state index < -0.39 is 5.91 Å². The van der Waals surface area contributed by atoms with Gasteiger partial charge in [-0.3, -0.25) is 4.79 Å². The van der Waals surface area contributed by atoms with E-state index in [-0.39, 0.29) is 6.61 Å². The molecule has 0 aliphatic carbocycles. The highest BCUT2D eigenvalue weighted by Crippen LogP contribution is 2.27. The van der Waals surface area contributed by atoms with Crippen LogP contribution in [0, 0.1) is 0 Å². The number of primary amides is 1. The van der Waals surface area contributed by atoms with Crippen LogP contribution in [0.25, 0.3) is 0 Å². The van der Waals surface area contributed by atoms with Crippen molar-refractivity contribution in [2.75, 3.05) is 0 Å². The lowest BCUT2D eigenvalue weighted by molar-refractivity contribution is 0.100. The number of aliphatic hydroxyl groups is 1. The number of benzene rings is 2. The molecule has 2 rings (SSSR count). The maximum atomic E-state index is 11.0. The molecule has 0 atom stereocenters. The van der Waals surface area contributed by atoms with E-state index in [4.69, 9.17) is 22.4 Å².